The molecule has 1 aliphatic heterocycles. The number of benzene rings is 3. The SMILES string of the molecule is COc1cc2ccccc2cc1C(=O)N1CC(=O)Nc2ccccc21. The number of hydrogen-bond donors (Lipinski definition) is 1. The summed E-state index contributed by atoms with van der Waals surface area (Å²) in [6, 6.07) is 18.7. The molecule has 124 valence electrons. The van der Waals surface area contributed by atoms with Crippen LogP contribution in [-0.2, 0) is 4.79 Å². The van der Waals surface area contributed by atoms with Crippen LogP contribution in [0, 0.1) is 0 Å². The first kappa shape index (κ1) is 15.2. The lowest BCUT2D eigenvalue weighted by atomic mass is 10.0. The Balaban J connectivity index is 1.84. The van der Waals surface area contributed by atoms with Gasteiger partial charge in [-0.3, -0.25) is 14.5 Å². The van der Waals surface area contributed by atoms with Crippen molar-refractivity contribution < 1.29 is 14.3 Å². The van der Waals surface area contributed by atoms with Gasteiger partial charge in [-0.25, -0.2) is 0 Å². The van der Waals surface area contributed by atoms with Crippen molar-refractivity contribution in [1.29, 1.82) is 0 Å². The standard InChI is InChI=1S/C20H16N2O3/c1-25-18-11-14-7-3-2-6-13(14)10-15(18)20(24)22-12-19(23)21-16-8-4-5-9-17(16)22/h2-11H,12H2,1H3,(H,21,23). The molecule has 3 aromatic carbocycles. The lowest BCUT2D eigenvalue weighted by Crippen LogP contribution is -2.42. The van der Waals surface area contributed by atoms with E-state index >= 15 is 0 Å². The first-order valence-electron chi connectivity index (χ1n) is 7.95. The predicted molar refractivity (Wildman–Crippen MR) is 97.2 cm³/mol. The molecule has 25 heavy (non-hydrogen) atoms. The fourth-order valence-electron chi connectivity index (χ4n) is 3.12. The van der Waals surface area contributed by atoms with E-state index in [1.807, 2.05) is 54.6 Å². The van der Waals surface area contributed by atoms with Crippen LogP contribution in [0.5, 0.6) is 5.75 Å². The third-order valence-electron chi connectivity index (χ3n) is 4.31. The molecule has 0 bridgehead atoms. The van der Waals surface area contributed by atoms with Crippen molar-refractivity contribution in [2.45, 2.75) is 0 Å². The van der Waals surface area contributed by atoms with Crippen molar-refractivity contribution in [3.63, 3.8) is 0 Å². The van der Waals surface area contributed by atoms with Gasteiger partial charge in [0.2, 0.25) is 5.91 Å². The van der Waals surface area contributed by atoms with Crippen molar-refractivity contribution in [3.8, 4) is 5.75 Å². The van der Waals surface area contributed by atoms with Crippen molar-refractivity contribution in [2.75, 3.05) is 23.9 Å². The molecule has 2 amide bonds. The maximum atomic E-state index is 13.2. The summed E-state index contributed by atoms with van der Waals surface area (Å²) in [5.41, 5.74) is 1.75. The van der Waals surface area contributed by atoms with Gasteiger partial charge in [0, 0.05) is 0 Å². The number of rotatable bonds is 2. The first-order chi connectivity index (χ1) is 12.2. The predicted octanol–water partition coefficient (Wildman–Crippen LogP) is 3.45. The third kappa shape index (κ3) is 2.59. The van der Waals surface area contributed by atoms with E-state index in [9.17, 15) is 9.59 Å². The maximum absolute atomic E-state index is 13.2. The Labute approximate surface area is 144 Å². The van der Waals surface area contributed by atoms with Crippen LogP contribution in [0.3, 0.4) is 0 Å². The van der Waals surface area contributed by atoms with E-state index in [2.05, 4.69) is 5.32 Å². The summed E-state index contributed by atoms with van der Waals surface area (Å²) in [5.74, 6) is 0.0175. The van der Waals surface area contributed by atoms with Gasteiger partial charge in [0.05, 0.1) is 24.0 Å². The van der Waals surface area contributed by atoms with Crippen LogP contribution in [-0.4, -0.2) is 25.5 Å². The number of hydrogen-bond acceptors (Lipinski definition) is 3. The lowest BCUT2D eigenvalue weighted by molar-refractivity contribution is -0.115. The fourth-order valence-corrected chi connectivity index (χ4v) is 3.12. The zero-order valence-corrected chi connectivity index (χ0v) is 13.7. The summed E-state index contributed by atoms with van der Waals surface area (Å²) in [6.07, 6.45) is 0. The summed E-state index contributed by atoms with van der Waals surface area (Å²) >= 11 is 0. The van der Waals surface area contributed by atoms with E-state index in [4.69, 9.17) is 4.74 Å². The highest BCUT2D eigenvalue weighted by molar-refractivity contribution is 6.17. The van der Waals surface area contributed by atoms with Crippen LogP contribution < -0.4 is 15.0 Å². The second-order valence-electron chi connectivity index (χ2n) is 5.86. The molecule has 0 aliphatic carbocycles. The minimum Gasteiger partial charge on any atom is -0.496 e. The molecule has 0 spiro atoms. The Morgan fingerprint density at radius 1 is 1.04 bits per heavy atom. The van der Waals surface area contributed by atoms with E-state index in [1.165, 1.54) is 12.0 Å². The summed E-state index contributed by atoms with van der Waals surface area (Å²) in [4.78, 5) is 26.7. The van der Waals surface area contributed by atoms with Gasteiger partial charge in [0.25, 0.3) is 5.91 Å². The molecule has 1 N–H and O–H groups in total. The van der Waals surface area contributed by atoms with Crippen LogP contribution in [0.2, 0.25) is 0 Å². The molecule has 0 unspecified atom stereocenters. The molecule has 0 fully saturated rings. The fraction of sp³-hybridized carbons (Fsp3) is 0.100. The van der Waals surface area contributed by atoms with Gasteiger partial charge < -0.3 is 10.1 Å². The van der Waals surface area contributed by atoms with Gasteiger partial charge >= 0.3 is 0 Å². The normalized spacial score (nSPS) is 13.3. The minimum absolute atomic E-state index is 0.0220. The first-order valence-corrected chi connectivity index (χ1v) is 7.95. The number of methoxy groups -OCH3 is 1. The van der Waals surface area contributed by atoms with E-state index < -0.39 is 0 Å². The van der Waals surface area contributed by atoms with Gasteiger partial charge in [0.15, 0.2) is 0 Å². The number of carbonyl (C=O) groups excluding carboxylic acids is 2. The number of anilines is 2. The van der Waals surface area contributed by atoms with Crippen molar-refractivity contribution in [2.24, 2.45) is 0 Å². The largest absolute Gasteiger partial charge is 0.496 e. The Hall–Kier alpha value is -3.34. The Morgan fingerprint density at radius 2 is 1.72 bits per heavy atom. The van der Waals surface area contributed by atoms with Crippen molar-refractivity contribution in [1.82, 2.24) is 0 Å². The number of amides is 2. The van der Waals surface area contributed by atoms with Crippen LogP contribution in [0.25, 0.3) is 10.8 Å². The molecule has 0 radical (unpaired) electrons. The Bertz CT molecular complexity index is 997. The number of nitrogens with one attached hydrogen (secondary N) is 1. The topological polar surface area (TPSA) is 58.6 Å². The van der Waals surface area contributed by atoms with Crippen molar-refractivity contribution in [3.05, 3.63) is 66.2 Å². The smallest absolute Gasteiger partial charge is 0.262 e. The van der Waals surface area contributed by atoms with E-state index in [1.54, 1.807) is 6.07 Å². The number of carbonyl (C=O) groups is 2. The van der Waals surface area contributed by atoms with E-state index in [0.29, 0.717) is 22.7 Å². The molecule has 0 saturated carbocycles. The molecule has 0 aromatic heterocycles. The average molecular weight is 332 g/mol. The highest BCUT2D eigenvalue weighted by atomic mass is 16.5. The van der Waals surface area contributed by atoms with Gasteiger partial charge in [-0.2, -0.15) is 0 Å². The van der Waals surface area contributed by atoms with Crippen LogP contribution in [0.4, 0.5) is 11.4 Å². The Morgan fingerprint density at radius 3 is 2.48 bits per heavy atom. The number of para-hydroxylation sites is 2. The second-order valence-corrected chi connectivity index (χ2v) is 5.86. The summed E-state index contributed by atoms with van der Waals surface area (Å²) < 4.78 is 5.43. The molecule has 4 rings (SSSR count). The number of nitrogens with zero attached hydrogens (tertiary/aromatic N) is 1. The molecular weight excluding hydrogens is 316 g/mol. The molecule has 0 saturated heterocycles. The molecule has 1 heterocycles. The van der Waals surface area contributed by atoms with Crippen LogP contribution in [0.15, 0.2) is 60.7 Å². The molecule has 0 atom stereocenters. The number of fused-ring (bicyclic) bond motifs is 2. The number of ether oxygens (including phenoxy) is 1. The zero-order chi connectivity index (χ0) is 17.4. The van der Waals surface area contributed by atoms with Gasteiger partial charge in [0.1, 0.15) is 12.3 Å². The average Bonchev–Trinajstić information content (AvgIpc) is 2.65. The van der Waals surface area contributed by atoms with Gasteiger partial charge in [-0.15, -0.1) is 0 Å². The van der Waals surface area contributed by atoms with Gasteiger partial charge in [-0.1, -0.05) is 36.4 Å². The summed E-state index contributed by atoms with van der Waals surface area (Å²) in [5, 5.41) is 4.73. The monoisotopic (exact) mass is 332 g/mol. The van der Waals surface area contributed by atoms with E-state index in [-0.39, 0.29) is 18.4 Å². The lowest BCUT2D eigenvalue weighted by Gasteiger charge is -2.29. The quantitative estimate of drug-likeness (QED) is 0.782. The second kappa shape index (κ2) is 5.94. The Kier molecular flexibility index (Phi) is 3.61. The maximum Gasteiger partial charge on any atom is 0.262 e. The minimum atomic E-state index is -0.259. The van der Waals surface area contributed by atoms with Crippen LogP contribution >= 0.6 is 0 Å². The molecule has 1 aliphatic rings. The summed E-state index contributed by atoms with van der Waals surface area (Å²) in [7, 11) is 1.54. The van der Waals surface area contributed by atoms with E-state index in [0.717, 1.165) is 10.8 Å². The molecule has 5 heteroatoms. The molecule has 3 aromatic rings. The van der Waals surface area contributed by atoms with Crippen LogP contribution in [0.1, 0.15) is 10.4 Å². The highest BCUT2D eigenvalue weighted by Crippen LogP contribution is 2.33. The zero-order valence-electron chi connectivity index (χ0n) is 13.7. The molecular formula is C20H16N2O3. The third-order valence-corrected chi connectivity index (χ3v) is 4.31. The van der Waals surface area contributed by atoms with Gasteiger partial charge in [-0.05, 0) is 35.0 Å². The molecule has 5 nitrogen and oxygen atoms in total. The summed E-state index contributed by atoms with van der Waals surface area (Å²) in [6.45, 7) is -0.0220. The highest BCUT2D eigenvalue weighted by Gasteiger charge is 2.29. The van der Waals surface area contributed by atoms with Crippen molar-refractivity contribution >= 4 is 34.0 Å².